The van der Waals surface area contributed by atoms with Crippen LogP contribution in [0, 0.1) is 6.92 Å². The molecule has 0 aliphatic carbocycles. The van der Waals surface area contributed by atoms with Crippen LogP contribution in [0.3, 0.4) is 0 Å². The monoisotopic (exact) mass is 559 g/mol. The van der Waals surface area contributed by atoms with Crippen molar-refractivity contribution in [1.29, 1.82) is 0 Å². The number of rotatable bonds is 5. The number of carbonyl (C=O) groups is 1. The van der Waals surface area contributed by atoms with E-state index in [9.17, 15) is 13.2 Å². The summed E-state index contributed by atoms with van der Waals surface area (Å²) in [5.74, 6) is 0.0669. The van der Waals surface area contributed by atoms with Crippen molar-refractivity contribution >= 4 is 38.0 Å². The molecule has 1 fully saturated rings. The van der Waals surface area contributed by atoms with E-state index in [4.69, 9.17) is 0 Å². The van der Waals surface area contributed by atoms with Gasteiger partial charge in [-0.1, -0.05) is 54.6 Å². The Balaban J connectivity index is 1.17. The third-order valence-corrected chi connectivity index (χ3v) is 10.9. The maximum atomic E-state index is 13.6. The molecule has 202 valence electrons. The van der Waals surface area contributed by atoms with Crippen molar-refractivity contribution in [2.75, 3.05) is 39.3 Å². The van der Waals surface area contributed by atoms with Crippen molar-refractivity contribution in [2.24, 2.45) is 0 Å². The topological polar surface area (TPSA) is 60.9 Å². The van der Waals surface area contributed by atoms with Gasteiger partial charge in [-0.15, -0.1) is 11.3 Å². The van der Waals surface area contributed by atoms with Gasteiger partial charge in [0.05, 0.1) is 17.5 Å². The van der Waals surface area contributed by atoms with Crippen LogP contribution in [-0.2, 0) is 21.2 Å². The molecule has 8 heteroatoms. The molecule has 1 saturated heterocycles. The Morgan fingerprint density at radius 2 is 1.67 bits per heavy atom. The molecule has 0 saturated carbocycles. The van der Waals surface area contributed by atoms with Gasteiger partial charge in [-0.3, -0.25) is 9.69 Å². The third kappa shape index (κ3) is 5.14. The molecule has 6 nitrogen and oxygen atoms in total. The zero-order valence-corrected chi connectivity index (χ0v) is 23.8. The summed E-state index contributed by atoms with van der Waals surface area (Å²) < 4.78 is 28.6. The summed E-state index contributed by atoms with van der Waals surface area (Å²) >= 11 is 1.80. The lowest BCUT2D eigenvalue weighted by molar-refractivity contribution is -0.132. The van der Waals surface area contributed by atoms with Crippen molar-refractivity contribution < 1.29 is 13.2 Å². The van der Waals surface area contributed by atoms with E-state index in [0.29, 0.717) is 44.0 Å². The van der Waals surface area contributed by atoms with Crippen molar-refractivity contribution in [1.82, 2.24) is 14.1 Å². The molecule has 1 aromatic heterocycles. The maximum Gasteiger partial charge on any atom is 0.243 e. The summed E-state index contributed by atoms with van der Waals surface area (Å²) in [5.41, 5.74) is 3.77. The molecule has 39 heavy (non-hydrogen) atoms. The number of amides is 1. The minimum absolute atomic E-state index is 0.0573. The SMILES string of the molecule is Cc1ccccc1C1c2ccsc2CCN1CC(=O)N1CCCN(S(=O)(=O)c2ccc3ccccc3c2)CC1. The second-order valence-corrected chi connectivity index (χ2v) is 13.4. The number of nitrogens with zero attached hydrogens (tertiary/aromatic N) is 3. The molecular weight excluding hydrogens is 526 g/mol. The Morgan fingerprint density at radius 3 is 2.51 bits per heavy atom. The molecule has 1 atom stereocenters. The van der Waals surface area contributed by atoms with E-state index in [1.54, 1.807) is 27.8 Å². The molecule has 3 aromatic carbocycles. The molecule has 0 spiro atoms. The molecule has 1 unspecified atom stereocenters. The van der Waals surface area contributed by atoms with E-state index < -0.39 is 10.0 Å². The van der Waals surface area contributed by atoms with Crippen LogP contribution in [0.5, 0.6) is 0 Å². The molecule has 1 amide bonds. The lowest BCUT2D eigenvalue weighted by Crippen LogP contribution is -2.45. The highest BCUT2D eigenvalue weighted by atomic mass is 32.2. The second-order valence-electron chi connectivity index (χ2n) is 10.4. The van der Waals surface area contributed by atoms with Gasteiger partial charge in [0, 0.05) is 37.6 Å². The van der Waals surface area contributed by atoms with Crippen LogP contribution in [0.1, 0.15) is 34.0 Å². The first-order valence-electron chi connectivity index (χ1n) is 13.5. The lowest BCUT2D eigenvalue weighted by atomic mass is 9.90. The number of fused-ring (bicyclic) bond motifs is 2. The molecule has 2 aliphatic heterocycles. The summed E-state index contributed by atoms with van der Waals surface area (Å²) in [5, 5.41) is 4.07. The molecular formula is C31H33N3O3S2. The quantitative estimate of drug-likeness (QED) is 0.342. The molecule has 0 N–H and O–H groups in total. The fourth-order valence-electron chi connectivity index (χ4n) is 5.93. The standard InChI is InChI=1S/C31H33N3O3S2/c1-23-7-2-5-10-27(23)31-28-14-20-38-29(28)13-17-33(31)22-30(35)32-15-6-16-34(19-18-32)39(36,37)26-12-11-24-8-3-4-9-25(24)21-26/h2-5,7-12,14,20-21,31H,6,13,15-19,22H2,1H3. The Morgan fingerprint density at radius 1 is 0.872 bits per heavy atom. The Labute approximate surface area is 234 Å². The van der Waals surface area contributed by atoms with Crippen molar-refractivity contribution in [3.05, 3.63) is 99.7 Å². The molecule has 4 aromatic rings. The Kier molecular flexibility index (Phi) is 7.29. The predicted molar refractivity (Wildman–Crippen MR) is 157 cm³/mol. The largest absolute Gasteiger partial charge is 0.340 e. The van der Waals surface area contributed by atoms with Crippen LogP contribution in [0.25, 0.3) is 10.8 Å². The van der Waals surface area contributed by atoms with E-state index in [2.05, 4.69) is 47.5 Å². The van der Waals surface area contributed by atoms with Crippen molar-refractivity contribution in [3.63, 3.8) is 0 Å². The first-order chi connectivity index (χ1) is 18.9. The molecule has 2 aliphatic rings. The fraction of sp³-hybridized carbons (Fsp3) is 0.323. The van der Waals surface area contributed by atoms with Gasteiger partial charge >= 0.3 is 0 Å². The number of carbonyl (C=O) groups excluding carboxylic acids is 1. The van der Waals surface area contributed by atoms with Crippen molar-refractivity contribution in [3.8, 4) is 0 Å². The van der Waals surface area contributed by atoms with Crippen LogP contribution < -0.4 is 0 Å². The van der Waals surface area contributed by atoms with Gasteiger partial charge < -0.3 is 4.90 Å². The van der Waals surface area contributed by atoms with E-state index in [1.165, 1.54) is 21.6 Å². The van der Waals surface area contributed by atoms with E-state index in [-0.39, 0.29) is 11.9 Å². The van der Waals surface area contributed by atoms with Crippen LogP contribution in [0.4, 0.5) is 0 Å². The number of thiophene rings is 1. The summed E-state index contributed by atoms with van der Waals surface area (Å²) in [4.78, 5) is 19.5. The first-order valence-corrected chi connectivity index (χ1v) is 15.9. The predicted octanol–water partition coefficient (Wildman–Crippen LogP) is 5.08. The number of sulfonamides is 1. The zero-order chi connectivity index (χ0) is 27.0. The second kappa shape index (κ2) is 10.8. The third-order valence-electron chi connectivity index (χ3n) is 8.05. The minimum atomic E-state index is -3.64. The Bertz CT molecular complexity index is 1610. The maximum absolute atomic E-state index is 13.6. The molecule has 3 heterocycles. The number of hydrogen-bond acceptors (Lipinski definition) is 5. The number of aryl methyl sites for hydroxylation is 1. The normalized spacial score (nSPS) is 19.1. The Hall–Kier alpha value is -3.04. The van der Waals surface area contributed by atoms with Gasteiger partial charge in [0.2, 0.25) is 15.9 Å². The van der Waals surface area contributed by atoms with Crippen LogP contribution in [0.15, 0.2) is 83.1 Å². The average molecular weight is 560 g/mol. The number of hydrogen-bond donors (Lipinski definition) is 0. The number of benzene rings is 3. The van der Waals surface area contributed by atoms with Gasteiger partial charge in [-0.05, 0) is 70.8 Å². The van der Waals surface area contributed by atoms with Crippen molar-refractivity contribution in [2.45, 2.75) is 30.7 Å². The summed E-state index contributed by atoms with van der Waals surface area (Å²) in [6.45, 7) is 4.96. The summed E-state index contributed by atoms with van der Waals surface area (Å²) in [6, 6.07) is 23.8. The van der Waals surface area contributed by atoms with Gasteiger partial charge in [0.15, 0.2) is 0 Å². The fourth-order valence-corrected chi connectivity index (χ4v) is 8.34. The van der Waals surface area contributed by atoms with Gasteiger partial charge in [-0.2, -0.15) is 4.31 Å². The highest BCUT2D eigenvalue weighted by Gasteiger charge is 2.34. The lowest BCUT2D eigenvalue weighted by Gasteiger charge is -2.37. The summed E-state index contributed by atoms with van der Waals surface area (Å²) in [7, 11) is -3.64. The first kappa shape index (κ1) is 26.2. The average Bonchev–Trinajstić information content (AvgIpc) is 3.28. The highest BCUT2D eigenvalue weighted by molar-refractivity contribution is 7.89. The van der Waals surface area contributed by atoms with Gasteiger partial charge in [0.1, 0.15) is 0 Å². The highest BCUT2D eigenvalue weighted by Crippen LogP contribution is 2.38. The van der Waals surface area contributed by atoms with E-state index in [1.807, 2.05) is 35.2 Å². The molecule has 6 rings (SSSR count). The molecule has 0 radical (unpaired) electrons. The van der Waals surface area contributed by atoms with E-state index >= 15 is 0 Å². The van der Waals surface area contributed by atoms with Crippen LogP contribution in [-0.4, -0.2) is 67.7 Å². The van der Waals surface area contributed by atoms with E-state index in [0.717, 1.165) is 23.7 Å². The van der Waals surface area contributed by atoms with Gasteiger partial charge in [0.25, 0.3) is 0 Å². The molecule has 0 bridgehead atoms. The summed E-state index contributed by atoms with van der Waals surface area (Å²) in [6.07, 6.45) is 1.56. The van der Waals surface area contributed by atoms with Crippen LogP contribution in [0.2, 0.25) is 0 Å². The van der Waals surface area contributed by atoms with Crippen LogP contribution >= 0.6 is 11.3 Å². The minimum Gasteiger partial charge on any atom is -0.340 e. The zero-order valence-electron chi connectivity index (χ0n) is 22.1. The smallest absolute Gasteiger partial charge is 0.243 e. The van der Waals surface area contributed by atoms with Gasteiger partial charge in [-0.25, -0.2) is 8.42 Å².